The van der Waals surface area contributed by atoms with Gasteiger partial charge in [-0.15, -0.1) is 0 Å². The predicted molar refractivity (Wildman–Crippen MR) is 77.3 cm³/mol. The second-order valence-corrected chi connectivity index (χ2v) is 6.23. The van der Waals surface area contributed by atoms with E-state index in [-0.39, 0.29) is 0 Å². The minimum absolute atomic E-state index is 0.304. The van der Waals surface area contributed by atoms with E-state index in [0.29, 0.717) is 5.41 Å². The molecular formula is C16H26N2. The summed E-state index contributed by atoms with van der Waals surface area (Å²) in [5, 5.41) is 0. The molecule has 0 radical (unpaired) electrons. The molecule has 2 rings (SSSR count). The Morgan fingerprint density at radius 2 is 1.78 bits per heavy atom. The summed E-state index contributed by atoms with van der Waals surface area (Å²) >= 11 is 0. The standard InChI is InChI=1S/C16H26N2/c1-16(2,13-17)15-8-10-18(11-9-15)12-14-6-4-3-5-7-14/h3-7,15H,8-13,17H2,1-2H3. The Bertz CT molecular complexity index is 351. The lowest BCUT2D eigenvalue weighted by Gasteiger charge is -2.40. The van der Waals surface area contributed by atoms with Crippen LogP contribution in [-0.2, 0) is 6.54 Å². The van der Waals surface area contributed by atoms with Crippen LogP contribution in [0.5, 0.6) is 0 Å². The van der Waals surface area contributed by atoms with E-state index >= 15 is 0 Å². The smallest absolute Gasteiger partial charge is 0.0233 e. The Labute approximate surface area is 111 Å². The van der Waals surface area contributed by atoms with E-state index in [4.69, 9.17) is 5.73 Å². The van der Waals surface area contributed by atoms with Crippen molar-refractivity contribution < 1.29 is 0 Å². The first-order valence-corrected chi connectivity index (χ1v) is 7.08. The molecular weight excluding hydrogens is 220 g/mol. The van der Waals surface area contributed by atoms with Crippen molar-refractivity contribution in [1.82, 2.24) is 4.90 Å². The maximum absolute atomic E-state index is 5.88. The van der Waals surface area contributed by atoms with Gasteiger partial charge in [0.2, 0.25) is 0 Å². The summed E-state index contributed by atoms with van der Waals surface area (Å²) in [4.78, 5) is 2.57. The number of nitrogens with two attached hydrogens (primary N) is 1. The highest BCUT2D eigenvalue weighted by Crippen LogP contribution is 2.34. The van der Waals surface area contributed by atoms with Crippen LogP contribution in [0, 0.1) is 11.3 Å². The molecule has 0 unspecified atom stereocenters. The molecule has 1 aliphatic rings. The summed E-state index contributed by atoms with van der Waals surface area (Å²) < 4.78 is 0. The van der Waals surface area contributed by atoms with E-state index < -0.39 is 0 Å². The van der Waals surface area contributed by atoms with Crippen LogP contribution in [0.1, 0.15) is 32.3 Å². The fourth-order valence-corrected chi connectivity index (χ4v) is 2.88. The Morgan fingerprint density at radius 3 is 2.33 bits per heavy atom. The van der Waals surface area contributed by atoms with E-state index in [0.717, 1.165) is 19.0 Å². The molecule has 0 aromatic heterocycles. The van der Waals surface area contributed by atoms with Crippen LogP contribution in [0.4, 0.5) is 0 Å². The molecule has 1 fully saturated rings. The third-order valence-electron chi connectivity index (χ3n) is 4.47. The quantitative estimate of drug-likeness (QED) is 0.885. The van der Waals surface area contributed by atoms with E-state index in [2.05, 4.69) is 49.1 Å². The predicted octanol–water partition coefficient (Wildman–Crippen LogP) is 2.88. The van der Waals surface area contributed by atoms with E-state index in [9.17, 15) is 0 Å². The molecule has 2 heteroatoms. The van der Waals surface area contributed by atoms with Crippen LogP contribution >= 0.6 is 0 Å². The van der Waals surface area contributed by atoms with Crippen LogP contribution < -0.4 is 5.73 Å². The van der Waals surface area contributed by atoms with Gasteiger partial charge in [-0.25, -0.2) is 0 Å². The topological polar surface area (TPSA) is 29.3 Å². The monoisotopic (exact) mass is 246 g/mol. The van der Waals surface area contributed by atoms with E-state index in [1.54, 1.807) is 0 Å². The van der Waals surface area contributed by atoms with Gasteiger partial charge < -0.3 is 5.73 Å². The lowest BCUT2D eigenvalue weighted by molar-refractivity contribution is 0.101. The highest BCUT2D eigenvalue weighted by atomic mass is 15.1. The molecule has 0 amide bonds. The fourth-order valence-electron chi connectivity index (χ4n) is 2.88. The molecule has 100 valence electrons. The van der Waals surface area contributed by atoms with Gasteiger partial charge in [-0.3, -0.25) is 4.90 Å². The van der Waals surface area contributed by atoms with Crippen molar-refractivity contribution in [3.63, 3.8) is 0 Å². The van der Waals surface area contributed by atoms with Crippen LogP contribution in [0.2, 0.25) is 0 Å². The zero-order valence-electron chi connectivity index (χ0n) is 11.7. The van der Waals surface area contributed by atoms with Crippen molar-refractivity contribution in [3.05, 3.63) is 35.9 Å². The molecule has 18 heavy (non-hydrogen) atoms. The van der Waals surface area contributed by atoms with E-state index in [1.807, 2.05) is 0 Å². The van der Waals surface area contributed by atoms with Crippen LogP contribution in [0.15, 0.2) is 30.3 Å². The molecule has 0 saturated carbocycles. The first kappa shape index (κ1) is 13.6. The van der Waals surface area contributed by atoms with Crippen molar-refractivity contribution in [1.29, 1.82) is 0 Å². The molecule has 0 aliphatic carbocycles. The molecule has 0 bridgehead atoms. The first-order valence-electron chi connectivity index (χ1n) is 7.08. The Balaban J connectivity index is 1.84. The van der Waals surface area contributed by atoms with Crippen molar-refractivity contribution in [2.45, 2.75) is 33.2 Å². The molecule has 0 spiro atoms. The van der Waals surface area contributed by atoms with Crippen molar-refractivity contribution in [3.8, 4) is 0 Å². The normalized spacial score (nSPS) is 19.1. The third kappa shape index (κ3) is 3.33. The number of rotatable bonds is 4. The number of hydrogen-bond acceptors (Lipinski definition) is 2. The van der Waals surface area contributed by atoms with Gasteiger partial charge in [0.15, 0.2) is 0 Å². The highest BCUT2D eigenvalue weighted by molar-refractivity contribution is 5.14. The zero-order chi connectivity index (χ0) is 13.0. The van der Waals surface area contributed by atoms with Gasteiger partial charge in [-0.2, -0.15) is 0 Å². The maximum atomic E-state index is 5.88. The van der Waals surface area contributed by atoms with Gasteiger partial charge in [-0.1, -0.05) is 44.2 Å². The zero-order valence-corrected chi connectivity index (χ0v) is 11.7. The minimum Gasteiger partial charge on any atom is -0.330 e. The maximum Gasteiger partial charge on any atom is 0.0233 e. The third-order valence-corrected chi connectivity index (χ3v) is 4.47. The average Bonchev–Trinajstić information content (AvgIpc) is 2.40. The van der Waals surface area contributed by atoms with Crippen molar-refractivity contribution in [2.75, 3.05) is 19.6 Å². The molecule has 1 saturated heterocycles. The summed E-state index contributed by atoms with van der Waals surface area (Å²) in [6.07, 6.45) is 2.58. The minimum atomic E-state index is 0.304. The molecule has 1 aliphatic heterocycles. The molecule has 2 N–H and O–H groups in total. The largest absolute Gasteiger partial charge is 0.330 e. The molecule has 1 aromatic carbocycles. The average molecular weight is 246 g/mol. The van der Waals surface area contributed by atoms with Gasteiger partial charge in [0.05, 0.1) is 0 Å². The number of hydrogen-bond donors (Lipinski definition) is 1. The Hall–Kier alpha value is -0.860. The highest BCUT2D eigenvalue weighted by Gasteiger charge is 2.31. The van der Waals surface area contributed by atoms with Gasteiger partial charge in [-0.05, 0) is 49.4 Å². The number of piperidine rings is 1. The van der Waals surface area contributed by atoms with E-state index in [1.165, 1.54) is 31.5 Å². The lowest BCUT2D eigenvalue weighted by Crippen LogP contribution is -2.41. The van der Waals surface area contributed by atoms with Crippen LogP contribution in [0.3, 0.4) is 0 Å². The van der Waals surface area contributed by atoms with Crippen LogP contribution in [-0.4, -0.2) is 24.5 Å². The number of nitrogens with zero attached hydrogens (tertiary/aromatic N) is 1. The Morgan fingerprint density at radius 1 is 1.17 bits per heavy atom. The SMILES string of the molecule is CC(C)(CN)C1CCN(Cc2ccccc2)CC1. The summed E-state index contributed by atoms with van der Waals surface area (Å²) in [5.41, 5.74) is 7.61. The second kappa shape index (κ2) is 5.85. The number of likely N-dealkylation sites (tertiary alicyclic amines) is 1. The van der Waals surface area contributed by atoms with Gasteiger partial charge in [0.1, 0.15) is 0 Å². The van der Waals surface area contributed by atoms with Crippen molar-refractivity contribution in [2.24, 2.45) is 17.1 Å². The summed E-state index contributed by atoms with van der Waals surface area (Å²) in [6.45, 7) is 8.94. The van der Waals surface area contributed by atoms with Crippen molar-refractivity contribution >= 4 is 0 Å². The number of benzene rings is 1. The summed E-state index contributed by atoms with van der Waals surface area (Å²) in [5.74, 6) is 0.787. The Kier molecular flexibility index (Phi) is 4.41. The van der Waals surface area contributed by atoms with Gasteiger partial charge in [0.25, 0.3) is 0 Å². The van der Waals surface area contributed by atoms with Gasteiger partial charge >= 0.3 is 0 Å². The first-order chi connectivity index (χ1) is 8.62. The molecule has 0 atom stereocenters. The van der Waals surface area contributed by atoms with Gasteiger partial charge in [0, 0.05) is 6.54 Å². The fraction of sp³-hybridized carbons (Fsp3) is 0.625. The lowest BCUT2D eigenvalue weighted by atomic mass is 9.74. The summed E-state index contributed by atoms with van der Waals surface area (Å²) in [7, 11) is 0. The van der Waals surface area contributed by atoms with Crippen LogP contribution in [0.25, 0.3) is 0 Å². The molecule has 2 nitrogen and oxygen atoms in total. The molecule has 1 heterocycles. The molecule has 1 aromatic rings. The summed E-state index contributed by atoms with van der Waals surface area (Å²) in [6, 6.07) is 10.8. The second-order valence-electron chi connectivity index (χ2n) is 6.23.